The van der Waals surface area contributed by atoms with E-state index in [1.54, 1.807) is 12.1 Å². The van der Waals surface area contributed by atoms with Crippen molar-refractivity contribution in [3.8, 4) is 0 Å². The Kier molecular flexibility index (Phi) is 2.56. The molecule has 1 aliphatic carbocycles. The van der Waals surface area contributed by atoms with Crippen molar-refractivity contribution in [2.24, 2.45) is 0 Å². The Morgan fingerprint density at radius 3 is 2.65 bits per heavy atom. The second-order valence-electron chi connectivity index (χ2n) is 4.41. The van der Waals surface area contributed by atoms with E-state index in [-0.39, 0.29) is 11.9 Å². The molecule has 3 rings (SSSR count). The predicted molar refractivity (Wildman–Crippen MR) is 67.5 cm³/mol. The second kappa shape index (κ2) is 4.21. The molecule has 0 fully saturated rings. The molecule has 0 aromatic heterocycles. The van der Waals surface area contributed by atoms with E-state index in [0.29, 0.717) is 0 Å². The van der Waals surface area contributed by atoms with E-state index in [9.17, 15) is 4.39 Å². The molecule has 17 heavy (non-hydrogen) atoms. The fraction of sp³-hybridized carbons (Fsp3) is 0.200. The lowest BCUT2D eigenvalue weighted by atomic mass is 10.1. The van der Waals surface area contributed by atoms with Gasteiger partial charge in [-0.3, -0.25) is 0 Å². The number of benzene rings is 2. The SMILES string of the molecule is Fc1cccc2c1CCC2Nc1ccccc1. The van der Waals surface area contributed by atoms with Crippen molar-refractivity contribution >= 4 is 5.69 Å². The van der Waals surface area contributed by atoms with E-state index in [0.717, 1.165) is 29.7 Å². The smallest absolute Gasteiger partial charge is 0.126 e. The summed E-state index contributed by atoms with van der Waals surface area (Å²) in [7, 11) is 0. The molecule has 1 nitrogen and oxygen atoms in total. The van der Waals surface area contributed by atoms with Crippen molar-refractivity contribution in [1.29, 1.82) is 0 Å². The monoisotopic (exact) mass is 227 g/mol. The van der Waals surface area contributed by atoms with Gasteiger partial charge in [0.15, 0.2) is 0 Å². The molecule has 2 aromatic carbocycles. The minimum absolute atomic E-state index is 0.0696. The average molecular weight is 227 g/mol. The van der Waals surface area contributed by atoms with Gasteiger partial charge in [0.25, 0.3) is 0 Å². The standard InChI is InChI=1S/C15H14FN/c16-14-8-4-7-13-12(14)9-10-15(13)17-11-5-2-1-3-6-11/h1-8,15,17H,9-10H2. The number of fused-ring (bicyclic) bond motifs is 1. The molecule has 2 aromatic rings. The van der Waals surface area contributed by atoms with Crippen LogP contribution in [0.2, 0.25) is 0 Å². The Morgan fingerprint density at radius 1 is 1.00 bits per heavy atom. The second-order valence-corrected chi connectivity index (χ2v) is 4.41. The summed E-state index contributed by atoms with van der Waals surface area (Å²) in [6, 6.07) is 15.7. The van der Waals surface area contributed by atoms with Gasteiger partial charge < -0.3 is 5.32 Å². The maximum absolute atomic E-state index is 13.6. The van der Waals surface area contributed by atoms with Gasteiger partial charge in [0, 0.05) is 5.69 Å². The topological polar surface area (TPSA) is 12.0 Å². The molecule has 0 radical (unpaired) electrons. The number of anilines is 1. The summed E-state index contributed by atoms with van der Waals surface area (Å²) in [5.74, 6) is -0.0696. The molecule has 1 N–H and O–H groups in total. The van der Waals surface area contributed by atoms with Crippen molar-refractivity contribution in [3.63, 3.8) is 0 Å². The number of rotatable bonds is 2. The minimum Gasteiger partial charge on any atom is -0.378 e. The minimum atomic E-state index is -0.0696. The highest BCUT2D eigenvalue weighted by Crippen LogP contribution is 2.34. The van der Waals surface area contributed by atoms with Crippen molar-refractivity contribution in [3.05, 3.63) is 65.5 Å². The van der Waals surface area contributed by atoms with E-state index in [1.165, 1.54) is 0 Å². The Labute approximate surface area is 100 Å². The first-order chi connectivity index (χ1) is 8.34. The van der Waals surface area contributed by atoms with Crippen LogP contribution in [-0.4, -0.2) is 0 Å². The molecule has 1 aliphatic rings. The number of hydrogen-bond donors (Lipinski definition) is 1. The van der Waals surface area contributed by atoms with Crippen LogP contribution in [0.4, 0.5) is 10.1 Å². The van der Waals surface area contributed by atoms with Gasteiger partial charge in [0.2, 0.25) is 0 Å². The highest BCUT2D eigenvalue weighted by atomic mass is 19.1. The molecule has 0 amide bonds. The van der Waals surface area contributed by atoms with Gasteiger partial charge in [-0.25, -0.2) is 4.39 Å². The zero-order valence-electron chi connectivity index (χ0n) is 9.49. The summed E-state index contributed by atoms with van der Waals surface area (Å²) in [6.45, 7) is 0. The fourth-order valence-electron chi connectivity index (χ4n) is 2.50. The first kappa shape index (κ1) is 10.3. The normalized spacial score (nSPS) is 17.8. The van der Waals surface area contributed by atoms with Crippen LogP contribution in [0.5, 0.6) is 0 Å². The Balaban J connectivity index is 1.87. The summed E-state index contributed by atoms with van der Waals surface area (Å²) in [6.07, 6.45) is 1.79. The molecule has 1 atom stereocenters. The number of halogens is 1. The molecule has 2 heteroatoms. The van der Waals surface area contributed by atoms with Gasteiger partial charge in [-0.1, -0.05) is 30.3 Å². The van der Waals surface area contributed by atoms with Crippen molar-refractivity contribution < 1.29 is 4.39 Å². The van der Waals surface area contributed by atoms with Crippen LogP contribution in [0.3, 0.4) is 0 Å². The summed E-state index contributed by atoms with van der Waals surface area (Å²) in [5.41, 5.74) is 3.07. The molecule has 0 aliphatic heterocycles. The van der Waals surface area contributed by atoms with E-state index < -0.39 is 0 Å². The zero-order chi connectivity index (χ0) is 11.7. The number of nitrogens with one attached hydrogen (secondary N) is 1. The van der Waals surface area contributed by atoms with Crippen molar-refractivity contribution in [2.45, 2.75) is 18.9 Å². The van der Waals surface area contributed by atoms with Crippen LogP contribution in [0.25, 0.3) is 0 Å². The Morgan fingerprint density at radius 2 is 1.82 bits per heavy atom. The third-order valence-electron chi connectivity index (χ3n) is 3.33. The summed E-state index contributed by atoms with van der Waals surface area (Å²) in [5, 5.41) is 3.46. The lowest BCUT2D eigenvalue weighted by Gasteiger charge is -2.15. The molecule has 0 saturated carbocycles. The van der Waals surface area contributed by atoms with E-state index in [4.69, 9.17) is 0 Å². The van der Waals surface area contributed by atoms with Crippen LogP contribution >= 0.6 is 0 Å². The van der Waals surface area contributed by atoms with Gasteiger partial charge in [0.1, 0.15) is 5.82 Å². The first-order valence-corrected chi connectivity index (χ1v) is 5.93. The molecule has 0 saturated heterocycles. The van der Waals surface area contributed by atoms with Gasteiger partial charge in [-0.15, -0.1) is 0 Å². The summed E-state index contributed by atoms with van der Waals surface area (Å²) in [4.78, 5) is 0. The lowest BCUT2D eigenvalue weighted by molar-refractivity contribution is 0.612. The van der Waals surface area contributed by atoms with E-state index in [2.05, 4.69) is 5.32 Å². The Hall–Kier alpha value is -1.83. The van der Waals surface area contributed by atoms with Crippen LogP contribution in [0.1, 0.15) is 23.6 Å². The van der Waals surface area contributed by atoms with Gasteiger partial charge in [-0.2, -0.15) is 0 Å². The number of para-hydroxylation sites is 1. The lowest BCUT2D eigenvalue weighted by Crippen LogP contribution is -2.06. The van der Waals surface area contributed by atoms with Crippen LogP contribution in [0.15, 0.2) is 48.5 Å². The van der Waals surface area contributed by atoms with Crippen molar-refractivity contribution in [2.75, 3.05) is 5.32 Å². The Bertz CT molecular complexity index is 522. The quantitative estimate of drug-likeness (QED) is 0.819. The largest absolute Gasteiger partial charge is 0.378 e. The predicted octanol–water partition coefficient (Wildman–Crippen LogP) is 3.93. The fourth-order valence-corrected chi connectivity index (χ4v) is 2.50. The van der Waals surface area contributed by atoms with Gasteiger partial charge >= 0.3 is 0 Å². The molecular weight excluding hydrogens is 213 g/mol. The third-order valence-corrected chi connectivity index (χ3v) is 3.33. The van der Waals surface area contributed by atoms with E-state index >= 15 is 0 Å². The zero-order valence-corrected chi connectivity index (χ0v) is 9.49. The molecule has 86 valence electrons. The maximum atomic E-state index is 13.6. The average Bonchev–Trinajstić information content (AvgIpc) is 2.76. The highest BCUT2D eigenvalue weighted by molar-refractivity contribution is 5.48. The molecule has 0 spiro atoms. The van der Waals surface area contributed by atoms with Crippen LogP contribution in [-0.2, 0) is 6.42 Å². The van der Waals surface area contributed by atoms with Crippen LogP contribution < -0.4 is 5.32 Å². The number of hydrogen-bond acceptors (Lipinski definition) is 1. The first-order valence-electron chi connectivity index (χ1n) is 5.93. The third kappa shape index (κ3) is 1.91. The highest BCUT2D eigenvalue weighted by Gasteiger charge is 2.24. The van der Waals surface area contributed by atoms with E-state index in [1.807, 2.05) is 36.4 Å². The van der Waals surface area contributed by atoms with Crippen LogP contribution in [0, 0.1) is 5.82 Å². The maximum Gasteiger partial charge on any atom is 0.126 e. The molecule has 1 unspecified atom stereocenters. The summed E-state index contributed by atoms with van der Waals surface area (Å²) >= 11 is 0. The molecule has 0 bridgehead atoms. The summed E-state index contributed by atoms with van der Waals surface area (Å²) < 4.78 is 13.6. The molecule has 0 heterocycles. The van der Waals surface area contributed by atoms with Crippen molar-refractivity contribution in [1.82, 2.24) is 0 Å². The van der Waals surface area contributed by atoms with Gasteiger partial charge in [0.05, 0.1) is 6.04 Å². The van der Waals surface area contributed by atoms with Gasteiger partial charge in [-0.05, 0) is 42.2 Å². The molecular formula is C15H14FN.